The van der Waals surface area contributed by atoms with Crippen molar-refractivity contribution in [3.05, 3.63) is 23.3 Å². The molecule has 2 rings (SSSR count). The van der Waals surface area contributed by atoms with Gasteiger partial charge in [0.1, 0.15) is 6.10 Å². The third-order valence-electron chi connectivity index (χ3n) is 2.33. The van der Waals surface area contributed by atoms with Crippen LogP contribution in [0.15, 0.2) is 6.20 Å². The van der Waals surface area contributed by atoms with Crippen LogP contribution in [0.2, 0.25) is 0 Å². The molecule has 0 spiro atoms. The molecule has 2 heterocycles. The topological polar surface area (TPSA) is 35.0 Å². The molecule has 0 aromatic carbocycles. The van der Waals surface area contributed by atoms with Crippen LogP contribution in [0.5, 0.6) is 0 Å². The van der Waals surface area contributed by atoms with E-state index in [-0.39, 0.29) is 6.10 Å². The molecular formula is C10H13BrN2OS. The summed E-state index contributed by atoms with van der Waals surface area (Å²) in [5.74, 6) is 2.86. The van der Waals surface area contributed by atoms with E-state index in [0.717, 1.165) is 40.5 Å². The largest absolute Gasteiger partial charge is 0.368 e. The summed E-state index contributed by atoms with van der Waals surface area (Å²) in [7, 11) is 0. The predicted molar refractivity (Wildman–Crippen MR) is 65.4 cm³/mol. The maximum atomic E-state index is 5.64. The Labute approximate surface area is 102 Å². The second-order valence-corrected chi connectivity index (χ2v) is 5.14. The van der Waals surface area contributed by atoms with E-state index < -0.39 is 0 Å². The monoisotopic (exact) mass is 288 g/mol. The number of halogens is 1. The average molecular weight is 289 g/mol. The first-order chi connectivity index (χ1) is 7.31. The van der Waals surface area contributed by atoms with Gasteiger partial charge in [0.25, 0.3) is 0 Å². The first kappa shape index (κ1) is 11.4. The van der Waals surface area contributed by atoms with Gasteiger partial charge in [-0.1, -0.05) is 15.9 Å². The van der Waals surface area contributed by atoms with Crippen molar-refractivity contribution in [1.29, 1.82) is 0 Å². The van der Waals surface area contributed by atoms with Crippen molar-refractivity contribution in [2.24, 2.45) is 0 Å². The smallest absolute Gasteiger partial charge is 0.158 e. The molecule has 0 N–H and O–H groups in total. The van der Waals surface area contributed by atoms with Crippen LogP contribution in [-0.4, -0.2) is 28.1 Å². The Morgan fingerprint density at radius 3 is 3.20 bits per heavy atom. The zero-order chi connectivity index (χ0) is 10.7. The SMILES string of the molecule is Cc1cnc(C2CSCCO2)nc1CBr. The Balaban J connectivity index is 2.20. The van der Waals surface area contributed by atoms with Crippen LogP contribution in [-0.2, 0) is 10.1 Å². The van der Waals surface area contributed by atoms with E-state index in [4.69, 9.17) is 4.74 Å². The van der Waals surface area contributed by atoms with Gasteiger partial charge in [-0.3, -0.25) is 0 Å². The maximum absolute atomic E-state index is 5.64. The maximum Gasteiger partial charge on any atom is 0.158 e. The Hall–Kier alpha value is -0.130. The highest BCUT2D eigenvalue weighted by molar-refractivity contribution is 9.08. The van der Waals surface area contributed by atoms with Crippen LogP contribution in [0.25, 0.3) is 0 Å². The second-order valence-electron chi connectivity index (χ2n) is 3.43. The molecule has 1 aromatic heterocycles. The molecule has 0 aliphatic carbocycles. The standard InChI is InChI=1S/C10H13BrN2OS/c1-7-5-12-10(13-8(7)4-11)9-6-15-3-2-14-9/h5,9H,2-4,6H2,1H3. The van der Waals surface area contributed by atoms with Crippen LogP contribution in [0.4, 0.5) is 0 Å². The number of ether oxygens (including phenoxy) is 1. The van der Waals surface area contributed by atoms with E-state index in [1.54, 1.807) is 0 Å². The van der Waals surface area contributed by atoms with Crippen molar-refractivity contribution in [3.8, 4) is 0 Å². The van der Waals surface area contributed by atoms with E-state index in [9.17, 15) is 0 Å². The highest BCUT2D eigenvalue weighted by Gasteiger charge is 2.19. The number of thioether (sulfide) groups is 1. The number of rotatable bonds is 2. The molecule has 0 radical (unpaired) electrons. The minimum absolute atomic E-state index is 0.0714. The Kier molecular flexibility index (Phi) is 3.99. The molecule has 15 heavy (non-hydrogen) atoms. The summed E-state index contributed by atoms with van der Waals surface area (Å²) in [5, 5.41) is 0.772. The first-order valence-electron chi connectivity index (χ1n) is 4.89. The quantitative estimate of drug-likeness (QED) is 0.784. The van der Waals surface area contributed by atoms with Gasteiger partial charge in [0, 0.05) is 23.0 Å². The Bertz CT molecular complexity index is 342. The minimum atomic E-state index is 0.0714. The minimum Gasteiger partial charge on any atom is -0.368 e. The van der Waals surface area contributed by atoms with Crippen LogP contribution < -0.4 is 0 Å². The van der Waals surface area contributed by atoms with Crippen LogP contribution in [0.1, 0.15) is 23.2 Å². The zero-order valence-corrected chi connectivity index (χ0v) is 11.0. The molecule has 5 heteroatoms. The lowest BCUT2D eigenvalue weighted by Gasteiger charge is -2.21. The molecule has 1 aromatic rings. The predicted octanol–water partition coefficient (Wildman–Crippen LogP) is 2.48. The van der Waals surface area contributed by atoms with Gasteiger partial charge in [-0.2, -0.15) is 11.8 Å². The molecule has 1 fully saturated rings. The van der Waals surface area contributed by atoms with Gasteiger partial charge in [-0.05, 0) is 12.5 Å². The van der Waals surface area contributed by atoms with Crippen molar-refractivity contribution in [2.75, 3.05) is 18.1 Å². The van der Waals surface area contributed by atoms with Gasteiger partial charge in [0.2, 0.25) is 0 Å². The molecule has 1 aliphatic heterocycles. The van der Waals surface area contributed by atoms with Gasteiger partial charge >= 0.3 is 0 Å². The lowest BCUT2D eigenvalue weighted by atomic mass is 10.2. The van der Waals surface area contributed by atoms with Gasteiger partial charge in [-0.25, -0.2) is 9.97 Å². The Morgan fingerprint density at radius 2 is 2.53 bits per heavy atom. The van der Waals surface area contributed by atoms with Crippen molar-refractivity contribution < 1.29 is 4.74 Å². The molecule has 0 bridgehead atoms. The lowest BCUT2D eigenvalue weighted by molar-refractivity contribution is 0.0692. The van der Waals surface area contributed by atoms with E-state index in [2.05, 4.69) is 25.9 Å². The van der Waals surface area contributed by atoms with Gasteiger partial charge in [0.05, 0.1) is 12.3 Å². The molecule has 1 atom stereocenters. The summed E-state index contributed by atoms with van der Waals surface area (Å²) >= 11 is 5.33. The van der Waals surface area contributed by atoms with Crippen molar-refractivity contribution in [3.63, 3.8) is 0 Å². The van der Waals surface area contributed by atoms with E-state index in [1.807, 2.05) is 24.9 Å². The highest BCUT2D eigenvalue weighted by Crippen LogP contribution is 2.24. The summed E-state index contributed by atoms with van der Waals surface area (Å²) in [5.41, 5.74) is 2.18. The molecule has 0 saturated carbocycles. The number of nitrogens with zero attached hydrogens (tertiary/aromatic N) is 2. The second kappa shape index (κ2) is 5.27. The van der Waals surface area contributed by atoms with Gasteiger partial charge < -0.3 is 4.74 Å². The van der Waals surface area contributed by atoms with Crippen LogP contribution >= 0.6 is 27.7 Å². The number of hydrogen-bond acceptors (Lipinski definition) is 4. The molecule has 1 aliphatic rings. The number of hydrogen-bond donors (Lipinski definition) is 0. The van der Waals surface area contributed by atoms with E-state index >= 15 is 0 Å². The average Bonchev–Trinajstić information content (AvgIpc) is 2.31. The lowest BCUT2D eigenvalue weighted by Crippen LogP contribution is -2.18. The van der Waals surface area contributed by atoms with Crippen LogP contribution in [0, 0.1) is 6.92 Å². The molecular weight excluding hydrogens is 276 g/mol. The molecule has 82 valence electrons. The van der Waals surface area contributed by atoms with E-state index in [1.165, 1.54) is 0 Å². The fourth-order valence-corrected chi connectivity index (χ4v) is 2.83. The molecule has 1 unspecified atom stereocenters. The van der Waals surface area contributed by atoms with Crippen LogP contribution in [0.3, 0.4) is 0 Å². The number of alkyl halides is 1. The molecule has 0 amide bonds. The third-order valence-corrected chi connectivity index (χ3v) is 3.85. The van der Waals surface area contributed by atoms with Gasteiger partial charge in [0.15, 0.2) is 5.82 Å². The fraction of sp³-hybridized carbons (Fsp3) is 0.600. The fourth-order valence-electron chi connectivity index (χ4n) is 1.42. The molecule has 3 nitrogen and oxygen atoms in total. The van der Waals surface area contributed by atoms with Crippen molar-refractivity contribution in [1.82, 2.24) is 9.97 Å². The number of aryl methyl sites for hydroxylation is 1. The summed E-state index contributed by atoms with van der Waals surface area (Å²) < 4.78 is 5.64. The Morgan fingerprint density at radius 1 is 1.67 bits per heavy atom. The summed E-state index contributed by atoms with van der Waals surface area (Å²) in [6.45, 7) is 2.83. The van der Waals surface area contributed by atoms with Crippen molar-refractivity contribution in [2.45, 2.75) is 18.4 Å². The van der Waals surface area contributed by atoms with E-state index in [0.29, 0.717) is 0 Å². The van der Waals surface area contributed by atoms with Crippen molar-refractivity contribution >= 4 is 27.7 Å². The summed E-state index contributed by atoms with van der Waals surface area (Å²) in [4.78, 5) is 8.86. The molecule has 1 saturated heterocycles. The summed E-state index contributed by atoms with van der Waals surface area (Å²) in [6, 6.07) is 0. The van der Waals surface area contributed by atoms with Gasteiger partial charge in [-0.15, -0.1) is 0 Å². The summed E-state index contributed by atoms with van der Waals surface area (Å²) in [6.07, 6.45) is 1.95. The first-order valence-corrected chi connectivity index (χ1v) is 7.16. The zero-order valence-electron chi connectivity index (χ0n) is 8.57. The number of aromatic nitrogens is 2. The normalized spacial score (nSPS) is 21.6. The third kappa shape index (κ3) is 2.71. The highest BCUT2D eigenvalue weighted by atomic mass is 79.9.